The summed E-state index contributed by atoms with van der Waals surface area (Å²) in [6, 6.07) is 3.17. The highest BCUT2D eigenvalue weighted by Crippen LogP contribution is 2.35. The van der Waals surface area contributed by atoms with Crippen LogP contribution in [0.4, 0.5) is 13.2 Å². The van der Waals surface area contributed by atoms with Crippen molar-refractivity contribution in [3.63, 3.8) is 0 Å². The van der Waals surface area contributed by atoms with Crippen LogP contribution in [0.3, 0.4) is 0 Å². The first-order valence-electron chi connectivity index (χ1n) is 5.37. The lowest BCUT2D eigenvalue weighted by Gasteiger charge is -2.11. The van der Waals surface area contributed by atoms with Gasteiger partial charge in [0.05, 0.1) is 5.56 Å². The van der Waals surface area contributed by atoms with Crippen LogP contribution in [0.2, 0.25) is 0 Å². The molecular formula is C11H11BrF3N3O2. The molecule has 20 heavy (non-hydrogen) atoms. The summed E-state index contributed by atoms with van der Waals surface area (Å²) in [5.41, 5.74) is 4.14. The lowest BCUT2D eigenvalue weighted by Crippen LogP contribution is -2.28. The maximum atomic E-state index is 12.7. The van der Waals surface area contributed by atoms with Gasteiger partial charge in [-0.15, -0.1) is 0 Å². The molecule has 0 radical (unpaired) electrons. The molecule has 110 valence electrons. The van der Waals surface area contributed by atoms with E-state index in [1.807, 2.05) is 0 Å². The third-order valence-electron chi connectivity index (χ3n) is 2.33. The summed E-state index contributed by atoms with van der Waals surface area (Å²) in [6.45, 7) is 0.0478. The van der Waals surface area contributed by atoms with E-state index in [9.17, 15) is 18.0 Å². The average Bonchev–Trinajstić information content (AvgIpc) is 2.37. The van der Waals surface area contributed by atoms with E-state index >= 15 is 0 Å². The van der Waals surface area contributed by atoms with Crippen LogP contribution in [0.5, 0.6) is 0 Å². The molecular weight excluding hydrogens is 343 g/mol. The number of rotatable bonds is 4. The zero-order chi connectivity index (χ0) is 15.3. The van der Waals surface area contributed by atoms with Gasteiger partial charge in [0.15, 0.2) is 0 Å². The molecule has 0 aliphatic rings. The van der Waals surface area contributed by atoms with Crippen LogP contribution in [0.15, 0.2) is 27.8 Å². The smallest absolute Gasteiger partial charge is 0.409 e. The zero-order valence-electron chi connectivity index (χ0n) is 10.0. The van der Waals surface area contributed by atoms with Crippen molar-refractivity contribution in [2.24, 2.45) is 10.9 Å². The second kappa shape index (κ2) is 6.60. The van der Waals surface area contributed by atoms with Crippen molar-refractivity contribution < 1.29 is 23.2 Å². The van der Waals surface area contributed by atoms with E-state index in [1.165, 1.54) is 6.07 Å². The molecule has 0 saturated carbocycles. The third-order valence-corrected chi connectivity index (χ3v) is 3.02. The first-order chi connectivity index (χ1) is 9.25. The first kappa shape index (κ1) is 16.3. The van der Waals surface area contributed by atoms with Gasteiger partial charge < -0.3 is 16.3 Å². The Morgan fingerprint density at radius 3 is 2.65 bits per heavy atom. The summed E-state index contributed by atoms with van der Waals surface area (Å²) >= 11 is 2.78. The topological polar surface area (TPSA) is 87.7 Å². The van der Waals surface area contributed by atoms with Gasteiger partial charge in [0, 0.05) is 23.0 Å². The standard InChI is InChI=1S/C11H11BrF3N3O2/c12-8-2-1-6(5-7(8)11(13,14)15)10(19)17-4-3-9(16)18-20/h1-2,5,20H,3-4H2,(H2,16,18)(H,17,19). The highest BCUT2D eigenvalue weighted by molar-refractivity contribution is 9.10. The SMILES string of the molecule is N/C(CCNC(=O)c1ccc(Br)c(C(F)(F)F)c1)=N/O. The number of amidine groups is 1. The van der Waals surface area contributed by atoms with Crippen LogP contribution < -0.4 is 11.1 Å². The van der Waals surface area contributed by atoms with Crippen molar-refractivity contribution in [3.05, 3.63) is 33.8 Å². The van der Waals surface area contributed by atoms with Crippen LogP contribution >= 0.6 is 15.9 Å². The van der Waals surface area contributed by atoms with E-state index in [2.05, 4.69) is 26.4 Å². The Balaban J connectivity index is 2.79. The highest BCUT2D eigenvalue weighted by Gasteiger charge is 2.33. The number of nitrogens with zero attached hydrogens (tertiary/aromatic N) is 1. The Bertz CT molecular complexity index is 532. The minimum absolute atomic E-state index is 0.0478. The predicted octanol–water partition coefficient (Wildman–Crippen LogP) is 2.33. The summed E-state index contributed by atoms with van der Waals surface area (Å²) in [5.74, 6) is -0.758. The number of nitrogens with one attached hydrogen (secondary N) is 1. The summed E-state index contributed by atoms with van der Waals surface area (Å²) < 4.78 is 37.9. The predicted molar refractivity (Wildman–Crippen MR) is 69.5 cm³/mol. The van der Waals surface area contributed by atoms with E-state index in [-0.39, 0.29) is 28.8 Å². The van der Waals surface area contributed by atoms with Crippen molar-refractivity contribution >= 4 is 27.7 Å². The molecule has 1 rings (SSSR count). The van der Waals surface area contributed by atoms with E-state index in [0.29, 0.717) is 0 Å². The van der Waals surface area contributed by atoms with Crippen molar-refractivity contribution in [3.8, 4) is 0 Å². The summed E-state index contributed by atoms with van der Waals surface area (Å²) in [7, 11) is 0. The number of carbonyl (C=O) groups excluding carboxylic acids is 1. The molecule has 9 heteroatoms. The largest absolute Gasteiger partial charge is 0.417 e. The Morgan fingerprint density at radius 2 is 2.10 bits per heavy atom. The molecule has 1 amide bonds. The van der Waals surface area contributed by atoms with Gasteiger partial charge in [0.25, 0.3) is 5.91 Å². The third kappa shape index (κ3) is 4.41. The summed E-state index contributed by atoms with van der Waals surface area (Å²) in [4.78, 5) is 11.7. The number of nitrogens with two attached hydrogens (primary N) is 1. The maximum Gasteiger partial charge on any atom is 0.417 e. The molecule has 1 aromatic rings. The fourth-order valence-electron chi connectivity index (χ4n) is 1.34. The highest BCUT2D eigenvalue weighted by atomic mass is 79.9. The minimum Gasteiger partial charge on any atom is -0.409 e. The molecule has 0 bridgehead atoms. The number of hydrogen-bond donors (Lipinski definition) is 3. The van der Waals surface area contributed by atoms with E-state index in [4.69, 9.17) is 10.9 Å². The van der Waals surface area contributed by atoms with Crippen LogP contribution in [0, 0.1) is 0 Å². The Labute approximate surface area is 120 Å². The normalized spacial score (nSPS) is 12.3. The quantitative estimate of drug-likeness (QED) is 0.336. The van der Waals surface area contributed by atoms with Gasteiger partial charge in [0.2, 0.25) is 0 Å². The molecule has 0 aromatic heterocycles. The number of benzene rings is 1. The Morgan fingerprint density at radius 1 is 1.45 bits per heavy atom. The number of amides is 1. The lowest BCUT2D eigenvalue weighted by atomic mass is 10.1. The van der Waals surface area contributed by atoms with Crippen molar-refractivity contribution in [2.45, 2.75) is 12.6 Å². The van der Waals surface area contributed by atoms with Crippen molar-refractivity contribution in [1.82, 2.24) is 5.32 Å². The second-order valence-corrected chi connectivity index (χ2v) is 4.64. The van der Waals surface area contributed by atoms with Crippen LogP contribution in [0.25, 0.3) is 0 Å². The van der Waals surface area contributed by atoms with Crippen molar-refractivity contribution in [1.29, 1.82) is 0 Å². The molecule has 0 aliphatic heterocycles. The second-order valence-electron chi connectivity index (χ2n) is 3.79. The lowest BCUT2D eigenvalue weighted by molar-refractivity contribution is -0.138. The molecule has 0 unspecified atom stereocenters. The number of alkyl halides is 3. The number of oxime groups is 1. The van der Waals surface area contributed by atoms with E-state index in [0.717, 1.165) is 12.1 Å². The summed E-state index contributed by atoms with van der Waals surface area (Å²) in [6.07, 6.45) is -4.46. The molecule has 0 heterocycles. The molecule has 0 fully saturated rings. The van der Waals surface area contributed by atoms with Crippen LogP contribution in [0.1, 0.15) is 22.3 Å². The fraction of sp³-hybridized carbons (Fsp3) is 0.273. The molecule has 1 aromatic carbocycles. The summed E-state index contributed by atoms with van der Waals surface area (Å²) in [5, 5.41) is 13.4. The Hall–Kier alpha value is -1.77. The van der Waals surface area contributed by atoms with E-state index in [1.54, 1.807) is 0 Å². The molecule has 0 spiro atoms. The van der Waals surface area contributed by atoms with Gasteiger partial charge in [-0.25, -0.2) is 0 Å². The Kier molecular flexibility index (Phi) is 5.37. The monoisotopic (exact) mass is 353 g/mol. The van der Waals surface area contributed by atoms with Gasteiger partial charge in [-0.1, -0.05) is 21.1 Å². The average molecular weight is 354 g/mol. The maximum absolute atomic E-state index is 12.7. The van der Waals surface area contributed by atoms with Crippen LogP contribution in [-0.4, -0.2) is 23.5 Å². The molecule has 4 N–H and O–H groups in total. The van der Waals surface area contributed by atoms with E-state index < -0.39 is 17.6 Å². The molecule has 5 nitrogen and oxygen atoms in total. The fourth-order valence-corrected chi connectivity index (χ4v) is 1.81. The van der Waals surface area contributed by atoms with Gasteiger partial charge in [-0.3, -0.25) is 4.79 Å². The van der Waals surface area contributed by atoms with Crippen molar-refractivity contribution in [2.75, 3.05) is 6.54 Å². The number of carbonyl (C=O) groups is 1. The molecule has 0 atom stereocenters. The van der Waals surface area contributed by atoms with Gasteiger partial charge in [0.1, 0.15) is 5.84 Å². The van der Waals surface area contributed by atoms with Crippen LogP contribution in [-0.2, 0) is 6.18 Å². The molecule has 0 aliphatic carbocycles. The first-order valence-corrected chi connectivity index (χ1v) is 6.16. The zero-order valence-corrected chi connectivity index (χ0v) is 11.6. The van der Waals surface area contributed by atoms with Gasteiger partial charge in [-0.2, -0.15) is 13.2 Å². The molecule has 0 saturated heterocycles. The van der Waals surface area contributed by atoms with Gasteiger partial charge >= 0.3 is 6.18 Å². The number of halogens is 4. The minimum atomic E-state index is -4.55. The number of hydrogen-bond acceptors (Lipinski definition) is 3. The van der Waals surface area contributed by atoms with Gasteiger partial charge in [-0.05, 0) is 18.2 Å².